The van der Waals surface area contributed by atoms with Gasteiger partial charge in [0.15, 0.2) is 0 Å². The maximum Gasteiger partial charge on any atom is 0.135 e. The van der Waals surface area contributed by atoms with Crippen LogP contribution in [0.4, 0.5) is 0 Å². The highest BCUT2D eigenvalue weighted by Crippen LogP contribution is 2.39. The van der Waals surface area contributed by atoms with Gasteiger partial charge in [0.2, 0.25) is 0 Å². The van der Waals surface area contributed by atoms with Crippen LogP contribution in [0.2, 0.25) is 0 Å². The van der Waals surface area contributed by atoms with Gasteiger partial charge in [0, 0.05) is 24.2 Å². The molecule has 4 N–H and O–H groups in total. The van der Waals surface area contributed by atoms with Gasteiger partial charge in [0.05, 0.1) is 0 Å². The summed E-state index contributed by atoms with van der Waals surface area (Å²) in [6, 6.07) is 32.5. The van der Waals surface area contributed by atoms with E-state index in [0.29, 0.717) is 13.1 Å². The first-order valence-electron chi connectivity index (χ1n) is 9.74. The molecule has 144 valence electrons. The number of benzene rings is 4. The minimum atomic E-state index is 0.477. The molecule has 0 saturated carbocycles. The quantitative estimate of drug-likeness (QED) is 0.449. The summed E-state index contributed by atoms with van der Waals surface area (Å²) in [7, 11) is 0. The fourth-order valence-electron chi connectivity index (χ4n) is 3.60. The van der Waals surface area contributed by atoms with Crippen LogP contribution in [0.5, 0.6) is 11.5 Å². The first kappa shape index (κ1) is 18.9. The molecule has 29 heavy (non-hydrogen) atoms. The molecular weight excluding hydrogens is 356 g/mol. The van der Waals surface area contributed by atoms with Crippen molar-refractivity contribution in [3.63, 3.8) is 0 Å². The lowest BCUT2D eigenvalue weighted by Gasteiger charge is -2.17. The van der Waals surface area contributed by atoms with Gasteiger partial charge in [0.1, 0.15) is 11.5 Å². The number of hydrogen-bond donors (Lipinski definition) is 2. The Morgan fingerprint density at radius 3 is 1.21 bits per heavy atom. The van der Waals surface area contributed by atoms with Crippen molar-refractivity contribution in [1.29, 1.82) is 0 Å². The Bertz CT molecular complexity index is 1030. The van der Waals surface area contributed by atoms with E-state index in [1.165, 1.54) is 0 Å². The Balaban J connectivity index is 1.80. The highest BCUT2D eigenvalue weighted by atomic mass is 16.5. The fraction of sp³-hybridized carbons (Fsp3) is 0.0769. The zero-order chi connectivity index (χ0) is 20.1. The molecule has 0 aromatic heterocycles. The van der Waals surface area contributed by atoms with Gasteiger partial charge >= 0.3 is 0 Å². The summed E-state index contributed by atoms with van der Waals surface area (Å²) < 4.78 is 6.47. The van der Waals surface area contributed by atoms with Crippen molar-refractivity contribution in [2.75, 3.05) is 0 Å². The van der Waals surface area contributed by atoms with Crippen molar-refractivity contribution in [1.82, 2.24) is 0 Å². The number of ether oxygens (including phenoxy) is 1. The average molecular weight is 380 g/mol. The van der Waals surface area contributed by atoms with Crippen LogP contribution in [0.25, 0.3) is 22.3 Å². The van der Waals surface area contributed by atoms with Crippen molar-refractivity contribution in [3.8, 4) is 33.8 Å². The summed E-state index contributed by atoms with van der Waals surface area (Å²) in [6.45, 7) is 0.954. The first-order chi connectivity index (χ1) is 14.3. The fourth-order valence-corrected chi connectivity index (χ4v) is 3.60. The molecule has 0 heterocycles. The second-order valence-corrected chi connectivity index (χ2v) is 6.82. The lowest BCUT2D eigenvalue weighted by atomic mass is 9.98. The molecule has 3 heteroatoms. The predicted octanol–water partition coefficient (Wildman–Crippen LogP) is 5.73. The van der Waals surface area contributed by atoms with Crippen LogP contribution in [0.1, 0.15) is 11.1 Å². The molecule has 0 aliphatic heterocycles. The number of hydrogen-bond acceptors (Lipinski definition) is 3. The first-order valence-corrected chi connectivity index (χ1v) is 9.74. The van der Waals surface area contributed by atoms with Crippen LogP contribution in [0.15, 0.2) is 97.1 Å². The van der Waals surface area contributed by atoms with Gasteiger partial charge < -0.3 is 16.2 Å². The van der Waals surface area contributed by atoms with Crippen LogP contribution in [0, 0.1) is 0 Å². The van der Waals surface area contributed by atoms with Crippen LogP contribution in [-0.4, -0.2) is 0 Å². The number of para-hydroxylation sites is 2. The normalized spacial score (nSPS) is 10.7. The van der Waals surface area contributed by atoms with E-state index in [9.17, 15) is 0 Å². The van der Waals surface area contributed by atoms with Gasteiger partial charge in [-0.2, -0.15) is 0 Å². The van der Waals surface area contributed by atoms with E-state index in [4.69, 9.17) is 16.2 Å². The van der Waals surface area contributed by atoms with E-state index in [2.05, 4.69) is 36.4 Å². The summed E-state index contributed by atoms with van der Waals surface area (Å²) in [5, 5.41) is 0. The third-order valence-electron chi connectivity index (χ3n) is 5.05. The highest BCUT2D eigenvalue weighted by molar-refractivity contribution is 5.77. The maximum absolute atomic E-state index is 6.47. The van der Waals surface area contributed by atoms with Crippen LogP contribution in [0.3, 0.4) is 0 Å². The molecule has 0 aliphatic rings. The second-order valence-electron chi connectivity index (χ2n) is 6.82. The monoisotopic (exact) mass is 380 g/mol. The van der Waals surface area contributed by atoms with Crippen molar-refractivity contribution in [2.45, 2.75) is 13.1 Å². The van der Waals surface area contributed by atoms with E-state index in [1.807, 2.05) is 60.7 Å². The highest BCUT2D eigenvalue weighted by Gasteiger charge is 2.14. The van der Waals surface area contributed by atoms with E-state index >= 15 is 0 Å². The number of nitrogens with two attached hydrogens (primary N) is 2. The molecular formula is C26H24N2O. The molecule has 0 fully saturated rings. The average Bonchev–Trinajstić information content (AvgIpc) is 2.80. The van der Waals surface area contributed by atoms with Gasteiger partial charge in [-0.3, -0.25) is 0 Å². The molecule has 0 amide bonds. The second kappa shape index (κ2) is 8.74. The molecule has 4 aromatic carbocycles. The smallest absolute Gasteiger partial charge is 0.135 e. The SMILES string of the molecule is NCc1ccccc1-c1ccccc1Oc1ccccc1-c1ccccc1CN. The van der Waals surface area contributed by atoms with Crippen molar-refractivity contribution < 1.29 is 4.74 Å². The molecule has 4 rings (SSSR count). The molecule has 0 bridgehead atoms. The largest absolute Gasteiger partial charge is 0.456 e. The van der Waals surface area contributed by atoms with Crippen molar-refractivity contribution >= 4 is 0 Å². The van der Waals surface area contributed by atoms with Crippen LogP contribution in [-0.2, 0) is 13.1 Å². The van der Waals surface area contributed by atoms with Gasteiger partial charge in [-0.15, -0.1) is 0 Å². The molecule has 0 aliphatic carbocycles. The minimum absolute atomic E-state index is 0.477. The Morgan fingerprint density at radius 2 is 0.793 bits per heavy atom. The Labute approximate surface area is 171 Å². The Kier molecular flexibility index (Phi) is 5.71. The maximum atomic E-state index is 6.47. The molecule has 4 aromatic rings. The van der Waals surface area contributed by atoms with E-state index in [-0.39, 0.29) is 0 Å². The topological polar surface area (TPSA) is 61.3 Å². The molecule has 0 atom stereocenters. The van der Waals surface area contributed by atoms with Crippen molar-refractivity contribution in [2.24, 2.45) is 11.5 Å². The molecule has 0 spiro atoms. The van der Waals surface area contributed by atoms with Gasteiger partial charge in [0.25, 0.3) is 0 Å². The third-order valence-corrected chi connectivity index (χ3v) is 5.05. The molecule has 0 radical (unpaired) electrons. The molecule has 0 unspecified atom stereocenters. The zero-order valence-corrected chi connectivity index (χ0v) is 16.2. The summed E-state index contributed by atoms with van der Waals surface area (Å²) in [5.41, 5.74) is 18.3. The minimum Gasteiger partial charge on any atom is -0.456 e. The summed E-state index contributed by atoms with van der Waals surface area (Å²) in [5.74, 6) is 1.59. The van der Waals surface area contributed by atoms with Gasteiger partial charge in [-0.05, 0) is 34.4 Å². The number of rotatable bonds is 6. The Hall–Kier alpha value is -3.40. The predicted molar refractivity (Wildman–Crippen MR) is 120 cm³/mol. The lowest BCUT2D eigenvalue weighted by Crippen LogP contribution is -2.00. The third kappa shape index (κ3) is 3.92. The van der Waals surface area contributed by atoms with Crippen LogP contribution < -0.4 is 16.2 Å². The van der Waals surface area contributed by atoms with E-state index in [0.717, 1.165) is 44.9 Å². The molecule has 0 saturated heterocycles. The van der Waals surface area contributed by atoms with Crippen molar-refractivity contribution in [3.05, 3.63) is 108 Å². The van der Waals surface area contributed by atoms with E-state index in [1.54, 1.807) is 0 Å². The summed E-state index contributed by atoms with van der Waals surface area (Å²) >= 11 is 0. The lowest BCUT2D eigenvalue weighted by molar-refractivity contribution is 0.486. The van der Waals surface area contributed by atoms with Crippen LogP contribution >= 0.6 is 0 Å². The zero-order valence-electron chi connectivity index (χ0n) is 16.2. The van der Waals surface area contributed by atoms with Gasteiger partial charge in [-0.25, -0.2) is 0 Å². The summed E-state index contributed by atoms with van der Waals surface area (Å²) in [4.78, 5) is 0. The standard InChI is InChI=1S/C26H24N2O/c27-17-19-9-1-3-11-21(19)23-13-5-7-15-25(23)29-26-16-8-6-14-24(26)22-12-4-2-10-20(22)18-28/h1-16H,17-18,27-28H2. The Morgan fingerprint density at radius 1 is 0.448 bits per heavy atom. The van der Waals surface area contributed by atoms with Gasteiger partial charge in [-0.1, -0.05) is 84.9 Å². The molecule has 3 nitrogen and oxygen atoms in total. The van der Waals surface area contributed by atoms with E-state index < -0.39 is 0 Å². The summed E-state index contributed by atoms with van der Waals surface area (Å²) in [6.07, 6.45) is 0.